The van der Waals surface area contributed by atoms with Crippen molar-refractivity contribution in [3.05, 3.63) is 90.8 Å². The molecule has 0 aliphatic carbocycles. The zero-order chi connectivity index (χ0) is 26.6. The van der Waals surface area contributed by atoms with E-state index in [2.05, 4.69) is 21.6 Å². The summed E-state index contributed by atoms with van der Waals surface area (Å²) in [6, 6.07) is 10.8. The van der Waals surface area contributed by atoms with Crippen LogP contribution in [0.1, 0.15) is 18.0 Å². The van der Waals surface area contributed by atoms with Crippen molar-refractivity contribution >= 4 is 22.8 Å². The van der Waals surface area contributed by atoms with Gasteiger partial charge in [0, 0.05) is 24.7 Å². The Labute approximate surface area is 218 Å². The molecule has 10 heteroatoms. The van der Waals surface area contributed by atoms with Gasteiger partial charge in [0.25, 0.3) is 0 Å². The van der Waals surface area contributed by atoms with Gasteiger partial charge in [-0.3, -0.25) is 4.79 Å². The van der Waals surface area contributed by atoms with Crippen molar-refractivity contribution in [2.24, 2.45) is 0 Å². The van der Waals surface area contributed by atoms with E-state index in [1.54, 1.807) is 33.9 Å². The zero-order valence-electron chi connectivity index (χ0n) is 20.6. The second kappa shape index (κ2) is 10.8. The summed E-state index contributed by atoms with van der Waals surface area (Å²) in [5, 5.41) is 5.14. The van der Waals surface area contributed by atoms with Crippen LogP contribution in [0.5, 0.6) is 5.75 Å². The molecule has 1 saturated heterocycles. The molecular formula is C28H26F2N6O2. The fourth-order valence-corrected chi connectivity index (χ4v) is 4.58. The van der Waals surface area contributed by atoms with Crippen molar-refractivity contribution < 1.29 is 18.3 Å². The summed E-state index contributed by atoms with van der Waals surface area (Å²) in [7, 11) is 0. The maximum absolute atomic E-state index is 15.3. The number of likely N-dealkylation sites (tertiary alicyclic amines) is 1. The number of halogens is 2. The average molecular weight is 517 g/mol. The second-order valence-electron chi connectivity index (χ2n) is 8.94. The van der Waals surface area contributed by atoms with Gasteiger partial charge in [0.05, 0.1) is 11.4 Å². The third kappa shape index (κ3) is 5.10. The van der Waals surface area contributed by atoms with Gasteiger partial charge in [-0.05, 0) is 48.7 Å². The van der Waals surface area contributed by atoms with Crippen molar-refractivity contribution in [1.82, 2.24) is 24.6 Å². The number of ether oxygens (including phenoxy) is 1. The van der Waals surface area contributed by atoms with Crippen LogP contribution >= 0.6 is 0 Å². The number of nitrogens with two attached hydrogens (primary N) is 1. The highest BCUT2D eigenvalue weighted by molar-refractivity contribution is 5.98. The number of amides is 1. The lowest BCUT2D eigenvalue weighted by Gasteiger charge is -2.14. The Balaban J connectivity index is 1.34. The number of allylic oxidation sites excluding steroid dienone is 1. The predicted molar refractivity (Wildman–Crippen MR) is 140 cm³/mol. The predicted octanol–water partition coefficient (Wildman–Crippen LogP) is 4.49. The molecule has 1 unspecified atom stereocenters. The molecule has 194 valence electrons. The fraction of sp³-hybridized carbons (Fsp3) is 0.214. The summed E-state index contributed by atoms with van der Waals surface area (Å²) in [5.74, 6) is -0.415. The minimum atomic E-state index is -0.532. The summed E-state index contributed by atoms with van der Waals surface area (Å²) in [4.78, 5) is 22.2. The standard InChI is InChI=1S/C28H26F2N6O2/c1-2-24(37)35-12-11-20(16-35)36-28-25(27(31)32-17-33-28)26(34-36)22-10-9-21(15-23(22)30)38-13-4-3-6-18-7-5-8-19(29)14-18/h2-5,7-10,14-15,17,20H,1,6,11-13,16H2,(H2,31,32,33)/b4-3+. The smallest absolute Gasteiger partial charge is 0.246 e. The Morgan fingerprint density at radius 3 is 2.84 bits per heavy atom. The molecular weight excluding hydrogens is 490 g/mol. The Hall–Kier alpha value is -4.60. The van der Waals surface area contributed by atoms with E-state index in [9.17, 15) is 9.18 Å². The van der Waals surface area contributed by atoms with Gasteiger partial charge in [-0.1, -0.05) is 30.9 Å². The maximum atomic E-state index is 15.3. The number of benzene rings is 2. The van der Waals surface area contributed by atoms with Crippen LogP contribution in [0.2, 0.25) is 0 Å². The lowest BCUT2D eigenvalue weighted by atomic mass is 10.1. The first kappa shape index (κ1) is 25.1. The quantitative estimate of drug-likeness (QED) is 0.274. The van der Waals surface area contributed by atoms with Crippen LogP contribution in [0.15, 0.2) is 73.6 Å². The van der Waals surface area contributed by atoms with Crippen molar-refractivity contribution in [3.8, 4) is 17.0 Å². The summed E-state index contributed by atoms with van der Waals surface area (Å²) in [6.45, 7) is 4.78. The molecule has 1 fully saturated rings. The molecule has 0 radical (unpaired) electrons. The Bertz CT molecular complexity index is 1530. The van der Waals surface area contributed by atoms with E-state index >= 15 is 4.39 Å². The topological polar surface area (TPSA) is 99.2 Å². The number of nitrogen functional groups attached to an aromatic ring is 1. The van der Waals surface area contributed by atoms with Gasteiger partial charge in [0.15, 0.2) is 5.65 Å². The van der Waals surface area contributed by atoms with E-state index < -0.39 is 5.82 Å². The molecule has 2 aromatic heterocycles. The molecule has 1 atom stereocenters. The molecule has 0 bridgehead atoms. The van der Waals surface area contributed by atoms with Crippen molar-refractivity contribution in [2.75, 3.05) is 25.4 Å². The largest absolute Gasteiger partial charge is 0.489 e. The fourth-order valence-electron chi connectivity index (χ4n) is 4.58. The third-order valence-corrected chi connectivity index (χ3v) is 6.46. The van der Waals surface area contributed by atoms with Crippen molar-refractivity contribution in [1.29, 1.82) is 0 Å². The number of carbonyl (C=O) groups is 1. The number of aromatic nitrogens is 4. The minimum absolute atomic E-state index is 0.144. The Morgan fingerprint density at radius 2 is 2.05 bits per heavy atom. The summed E-state index contributed by atoms with van der Waals surface area (Å²) < 4.78 is 35.9. The number of rotatable bonds is 8. The molecule has 2 aromatic carbocycles. The molecule has 1 aliphatic rings. The highest BCUT2D eigenvalue weighted by atomic mass is 19.1. The van der Waals surface area contributed by atoms with Gasteiger partial charge in [-0.25, -0.2) is 23.4 Å². The number of anilines is 1. The number of hydrogen-bond acceptors (Lipinski definition) is 6. The number of nitrogens with zero attached hydrogens (tertiary/aromatic N) is 5. The normalized spacial score (nSPS) is 15.4. The van der Waals surface area contributed by atoms with Crippen LogP contribution in [0, 0.1) is 11.6 Å². The van der Waals surface area contributed by atoms with Crippen LogP contribution in [0.4, 0.5) is 14.6 Å². The number of fused-ring (bicyclic) bond motifs is 1. The summed E-state index contributed by atoms with van der Waals surface area (Å²) >= 11 is 0. The molecule has 38 heavy (non-hydrogen) atoms. The van der Waals surface area contributed by atoms with E-state index in [0.29, 0.717) is 48.4 Å². The summed E-state index contributed by atoms with van der Waals surface area (Å²) in [6.07, 6.45) is 7.53. The van der Waals surface area contributed by atoms with Gasteiger partial charge < -0.3 is 15.4 Å². The van der Waals surface area contributed by atoms with Crippen LogP contribution in [0.3, 0.4) is 0 Å². The maximum Gasteiger partial charge on any atom is 0.246 e. The first-order valence-electron chi connectivity index (χ1n) is 12.2. The van der Waals surface area contributed by atoms with Crippen LogP contribution in [-0.4, -0.2) is 50.3 Å². The van der Waals surface area contributed by atoms with E-state index in [1.807, 2.05) is 12.1 Å². The summed E-state index contributed by atoms with van der Waals surface area (Å²) in [5.41, 5.74) is 8.06. The van der Waals surface area contributed by atoms with Gasteiger partial charge in [0.2, 0.25) is 5.91 Å². The number of hydrogen-bond donors (Lipinski definition) is 1. The van der Waals surface area contributed by atoms with Crippen molar-refractivity contribution in [3.63, 3.8) is 0 Å². The second-order valence-corrected chi connectivity index (χ2v) is 8.94. The van der Waals surface area contributed by atoms with Crippen LogP contribution in [0.25, 0.3) is 22.3 Å². The number of carbonyl (C=O) groups excluding carboxylic acids is 1. The monoisotopic (exact) mass is 516 g/mol. The van der Waals surface area contributed by atoms with Crippen molar-refractivity contribution in [2.45, 2.75) is 18.9 Å². The van der Waals surface area contributed by atoms with E-state index in [0.717, 1.165) is 5.56 Å². The van der Waals surface area contributed by atoms with E-state index in [4.69, 9.17) is 10.5 Å². The lowest BCUT2D eigenvalue weighted by Crippen LogP contribution is -2.27. The van der Waals surface area contributed by atoms with E-state index in [1.165, 1.54) is 30.6 Å². The molecule has 0 saturated carbocycles. The Kier molecular flexibility index (Phi) is 7.12. The molecule has 4 aromatic rings. The van der Waals surface area contributed by atoms with E-state index in [-0.39, 0.29) is 35.8 Å². The van der Waals surface area contributed by atoms with Gasteiger partial charge in [-0.15, -0.1) is 0 Å². The van der Waals surface area contributed by atoms with Crippen LogP contribution < -0.4 is 10.5 Å². The molecule has 0 spiro atoms. The average Bonchev–Trinajstić information content (AvgIpc) is 3.54. The highest BCUT2D eigenvalue weighted by Crippen LogP contribution is 2.35. The minimum Gasteiger partial charge on any atom is -0.489 e. The lowest BCUT2D eigenvalue weighted by molar-refractivity contribution is -0.125. The molecule has 1 aliphatic heterocycles. The van der Waals surface area contributed by atoms with Gasteiger partial charge in [0.1, 0.15) is 41.8 Å². The molecule has 2 N–H and O–H groups in total. The van der Waals surface area contributed by atoms with Crippen LogP contribution in [-0.2, 0) is 11.2 Å². The molecule has 1 amide bonds. The SMILES string of the molecule is C=CC(=O)N1CCC(n2nc(-c3ccc(OC/C=C/Cc4cccc(F)c4)cc3F)c3c(N)ncnc32)C1. The molecule has 5 rings (SSSR count). The molecule has 8 nitrogen and oxygen atoms in total. The first-order valence-corrected chi connectivity index (χ1v) is 12.2. The third-order valence-electron chi connectivity index (χ3n) is 6.46. The zero-order valence-corrected chi connectivity index (χ0v) is 20.6. The van der Waals surface area contributed by atoms with Gasteiger partial charge in [-0.2, -0.15) is 5.10 Å². The molecule has 3 heterocycles. The van der Waals surface area contributed by atoms with Gasteiger partial charge >= 0.3 is 0 Å². The Morgan fingerprint density at radius 1 is 1.18 bits per heavy atom. The first-order chi connectivity index (χ1) is 18.4. The highest BCUT2D eigenvalue weighted by Gasteiger charge is 2.30.